The maximum Gasteiger partial charge on any atom is 0.416 e. The summed E-state index contributed by atoms with van der Waals surface area (Å²) in [7, 11) is 0. The third kappa shape index (κ3) is 3.82. The summed E-state index contributed by atoms with van der Waals surface area (Å²) in [6, 6.07) is 8.04. The zero-order chi connectivity index (χ0) is 20.6. The number of hydrogen-bond acceptors (Lipinski definition) is 4. The fourth-order valence-corrected chi connectivity index (χ4v) is 3.82. The normalized spacial score (nSPS) is 15.3. The van der Waals surface area contributed by atoms with Crippen LogP contribution in [0, 0.1) is 6.92 Å². The van der Waals surface area contributed by atoms with Crippen LogP contribution >= 0.6 is 0 Å². The Morgan fingerprint density at radius 1 is 1.14 bits per heavy atom. The van der Waals surface area contributed by atoms with Crippen molar-refractivity contribution in [1.29, 1.82) is 0 Å². The molecule has 3 aromatic rings. The van der Waals surface area contributed by atoms with Crippen molar-refractivity contribution in [3.8, 4) is 0 Å². The van der Waals surface area contributed by atoms with Crippen molar-refractivity contribution < 1.29 is 23.0 Å². The van der Waals surface area contributed by atoms with Crippen molar-refractivity contribution in [3.05, 3.63) is 64.6 Å². The number of morpholine rings is 1. The number of aromatic nitrogens is 2. The molecule has 0 radical (unpaired) electrons. The van der Waals surface area contributed by atoms with Gasteiger partial charge in [0, 0.05) is 25.7 Å². The van der Waals surface area contributed by atoms with Crippen LogP contribution in [0.15, 0.2) is 36.5 Å². The van der Waals surface area contributed by atoms with Gasteiger partial charge in [0.05, 0.1) is 42.5 Å². The summed E-state index contributed by atoms with van der Waals surface area (Å²) in [6.45, 7) is 4.06. The van der Waals surface area contributed by atoms with E-state index in [2.05, 4.69) is 9.88 Å². The number of halogens is 3. The number of aliphatic hydroxyl groups is 1. The van der Waals surface area contributed by atoms with Gasteiger partial charge in [0.2, 0.25) is 0 Å². The molecule has 1 saturated heterocycles. The minimum Gasteiger partial charge on any atom is -0.390 e. The molecule has 154 valence electrons. The predicted molar refractivity (Wildman–Crippen MR) is 103 cm³/mol. The summed E-state index contributed by atoms with van der Waals surface area (Å²) < 4.78 is 47.1. The maximum atomic E-state index is 13.3. The van der Waals surface area contributed by atoms with Gasteiger partial charge in [-0.2, -0.15) is 13.2 Å². The molecule has 0 unspecified atom stereocenters. The highest BCUT2D eigenvalue weighted by atomic mass is 19.4. The van der Waals surface area contributed by atoms with Gasteiger partial charge in [0.25, 0.3) is 0 Å². The Hall–Kier alpha value is -2.58. The van der Waals surface area contributed by atoms with Crippen molar-refractivity contribution >= 4 is 11.3 Å². The third-order valence-corrected chi connectivity index (χ3v) is 5.42. The fourth-order valence-electron chi connectivity index (χ4n) is 3.82. The number of hydrogen-bond donors (Lipinski definition) is 1. The topological polar surface area (TPSA) is 50.0 Å². The monoisotopic (exact) mass is 405 g/mol. The number of alkyl halides is 3. The van der Waals surface area contributed by atoms with Crippen molar-refractivity contribution in [2.75, 3.05) is 31.2 Å². The second-order valence-electron chi connectivity index (χ2n) is 7.14. The van der Waals surface area contributed by atoms with Gasteiger partial charge in [-0.05, 0) is 36.2 Å². The maximum absolute atomic E-state index is 13.3. The lowest BCUT2D eigenvalue weighted by atomic mass is 9.98. The number of nitrogens with zero attached hydrogens (tertiary/aromatic N) is 3. The largest absolute Gasteiger partial charge is 0.416 e. The average Bonchev–Trinajstić information content (AvgIpc) is 3.06. The first kappa shape index (κ1) is 19.7. The van der Waals surface area contributed by atoms with E-state index in [1.807, 2.05) is 22.7 Å². The highest BCUT2D eigenvalue weighted by Crippen LogP contribution is 2.34. The quantitative estimate of drug-likeness (QED) is 0.721. The number of anilines is 1. The number of ether oxygens (including phenoxy) is 1. The molecular weight excluding hydrogens is 383 g/mol. The number of rotatable bonds is 4. The van der Waals surface area contributed by atoms with Crippen molar-refractivity contribution in [1.82, 2.24) is 9.38 Å². The first-order chi connectivity index (χ1) is 13.9. The molecule has 0 saturated carbocycles. The van der Waals surface area contributed by atoms with Gasteiger partial charge in [-0.1, -0.05) is 12.1 Å². The van der Waals surface area contributed by atoms with E-state index >= 15 is 0 Å². The summed E-state index contributed by atoms with van der Waals surface area (Å²) >= 11 is 0. The highest BCUT2D eigenvalue weighted by Gasteiger charge is 2.33. The first-order valence-electron chi connectivity index (χ1n) is 9.47. The predicted octanol–water partition coefficient (Wildman–Crippen LogP) is 3.58. The zero-order valence-corrected chi connectivity index (χ0v) is 16.0. The molecule has 1 aromatic carbocycles. The van der Waals surface area contributed by atoms with Crippen LogP contribution in [0.4, 0.5) is 18.9 Å². The molecule has 0 bridgehead atoms. The minimum absolute atomic E-state index is 0.197. The lowest BCUT2D eigenvalue weighted by molar-refractivity contribution is -0.138. The highest BCUT2D eigenvalue weighted by molar-refractivity contribution is 5.55. The molecule has 3 heterocycles. The lowest BCUT2D eigenvalue weighted by Gasteiger charge is -2.28. The number of fused-ring (bicyclic) bond motifs is 1. The van der Waals surface area contributed by atoms with E-state index in [4.69, 9.17) is 4.74 Å². The molecule has 0 spiro atoms. The van der Waals surface area contributed by atoms with E-state index in [-0.39, 0.29) is 18.6 Å². The van der Waals surface area contributed by atoms with Crippen molar-refractivity contribution in [2.45, 2.75) is 26.1 Å². The third-order valence-electron chi connectivity index (χ3n) is 5.42. The molecule has 29 heavy (non-hydrogen) atoms. The molecule has 1 fully saturated rings. The van der Waals surface area contributed by atoms with E-state index in [9.17, 15) is 18.3 Å². The van der Waals surface area contributed by atoms with Gasteiger partial charge in [-0.3, -0.25) is 0 Å². The molecule has 1 aliphatic heterocycles. The molecule has 5 nitrogen and oxygen atoms in total. The van der Waals surface area contributed by atoms with Crippen LogP contribution in [0.1, 0.15) is 28.1 Å². The van der Waals surface area contributed by atoms with Crippen molar-refractivity contribution in [3.63, 3.8) is 0 Å². The van der Waals surface area contributed by atoms with E-state index in [0.717, 1.165) is 24.8 Å². The summed E-state index contributed by atoms with van der Waals surface area (Å²) in [6.07, 6.45) is -2.21. The second kappa shape index (κ2) is 7.68. The van der Waals surface area contributed by atoms with Crippen molar-refractivity contribution in [2.24, 2.45) is 0 Å². The van der Waals surface area contributed by atoms with Gasteiger partial charge in [-0.25, -0.2) is 4.98 Å². The van der Waals surface area contributed by atoms with Gasteiger partial charge in [0.15, 0.2) is 0 Å². The molecule has 0 atom stereocenters. The Kier molecular flexibility index (Phi) is 5.23. The molecule has 4 rings (SSSR count). The minimum atomic E-state index is -4.40. The number of imidazole rings is 1. The van der Waals surface area contributed by atoms with Gasteiger partial charge >= 0.3 is 6.18 Å². The van der Waals surface area contributed by atoms with Gasteiger partial charge in [-0.15, -0.1) is 0 Å². The molecule has 1 aliphatic rings. The number of pyridine rings is 1. The summed E-state index contributed by atoms with van der Waals surface area (Å²) in [5.74, 6) is 0. The van der Waals surface area contributed by atoms with Crippen LogP contribution < -0.4 is 4.90 Å². The van der Waals surface area contributed by atoms with Gasteiger partial charge in [0.1, 0.15) is 5.65 Å². The molecule has 8 heteroatoms. The summed E-state index contributed by atoms with van der Waals surface area (Å²) in [5.41, 5.74) is 2.94. The Morgan fingerprint density at radius 2 is 1.90 bits per heavy atom. The second-order valence-corrected chi connectivity index (χ2v) is 7.14. The molecular formula is C21H22F3N3O2. The summed E-state index contributed by atoms with van der Waals surface area (Å²) in [4.78, 5) is 6.66. The van der Waals surface area contributed by atoms with Crippen LogP contribution in [0.5, 0.6) is 0 Å². The van der Waals surface area contributed by atoms with Crippen LogP contribution in [0.3, 0.4) is 0 Å². The Morgan fingerprint density at radius 3 is 2.59 bits per heavy atom. The number of benzene rings is 1. The molecule has 0 amide bonds. The van der Waals surface area contributed by atoms with E-state index in [1.54, 1.807) is 6.07 Å². The zero-order valence-electron chi connectivity index (χ0n) is 16.0. The van der Waals surface area contributed by atoms with Gasteiger partial charge < -0.3 is 19.1 Å². The Balaban J connectivity index is 1.76. The van der Waals surface area contributed by atoms with E-state index in [1.165, 1.54) is 13.0 Å². The Bertz CT molecular complexity index is 1020. The van der Waals surface area contributed by atoms with Crippen LogP contribution in [-0.4, -0.2) is 40.8 Å². The lowest BCUT2D eigenvalue weighted by Crippen LogP contribution is -2.36. The smallest absolute Gasteiger partial charge is 0.390 e. The molecule has 2 aromatic heterocycles. The van der Waals surface area contributed by atoms with Crippen LogP contribution in [0.2, 0.25) is 0 Å². The van der Waals surface area contributed by atoms with E-state index in [0.29, 0.717) is 35.8 Å². The fraction of sp³-hybridized carbons (Fsp3) is 0.381. The van der Waals surface area contributed by atoms with E-state index < -0.39 is 11.7 Å². The Labute approximate surface area is 166 Å². The molecule has 1 N–H and O–H groups in total. The first-order valence-corrected chi connectivity index (χ1v) is 9.47. The number of aliphatic hydroxyl groups excluding tert-OH is 1. The standard InChI is InChI=1S/C21H22F3N3O2/c1-14-15(3-2-4-17(14)21(22,23)24)11-19-18(13-28)25-20-6-5-16(12-27(19)20)26-7-9-29-10-8-26/h2-6,12,28H,7-11,13H2,1H3. The van der Waals surface area contributed by atoms with Crippen LogP contribution in [0.25, 0.3) is 5.65 Å². The average molecular weight is 405 g/mol. The SMILES string of the molecule is Cc1c(Cc2c(CO)nc3ccc(N4CCOCC4)cn23)cccc1C(F)(F)F. The molecule has 0 aliphatic carbocycles. The van der Waals surface area contributed by atoms with Crippen LogP contribution in [-0.2, 0) is 23.9 Å². The summed E-state index contributed by atoms with van der Waals surface area (Å²) in [5, 5.41) is 9.79.